The summed E-state index contributed by atoms with van der Waals surface area (Å²) >= 11 is 0. The summed E-state index contributed by atoms with van der Waals surface area (Å²) in [6, 6.07) is 13.3. The van der Waals surface area contributed by atoms with Gasteiger partial charge in [-0.25, -0.2) is 4.39 Å². The monoisotopic (exact) mass is 337 g/mol. The number of nitrogens with one attached hydrogen (secondary N) is 2. The first-order chi connectivity index (χ1) is 12.2. The number of H-pyrrole nitrogens is 1. The number of halogens is 1. The fraction of sp³-hybridized carbons (Fsp3) is 0.158. The van der Waals surface area contributed by atoms with Crippen LogP contribution in [0.25, 0.3) is 11.3 Å². The first-order valence-corrected chi connectivity index (χ1v) is 8.05. The van der Waals surface area contributed by atoms with E-state index in [0.29, 0.717) is 18.0 Å². The number of hydrogen-bond acceptors (Lipinski definition) is 3. The molecule has 0 saturated heterocycles. The summed E-state index contributed by atoms with van der Waals surface area (Å²) in [4.78, 5) is 12.2. The van der Waals surface area contributed by atoms with Crippen LogP contribution >= 0.6 is 0 Å². The van der Waals surface area contributed by atoms with Crippen LogP contribution in [0.15, 0.2) is 48.5 Å². The van der Waals surface area contributed by atoms with Crippen molar-refractivity contribution in [1.82, 2.24) is 15.5 Å². The largest absolute Gasteiger partial charge is 0.494 e. The molecule has 126 valence electrons. The second kappa shape index (κ2) is 6.05. The van der Waals surface area contributed by atoms with Gasteiger partial charge in [0.25, 0.3) is 5.91 Å². The molecular weight excluding hydrogens is 321 g/mol. The van der Waals surface area contributed by atoms with Gasteiger partial charge < -0.3 is 10.1 Å². The quantitative estimate of drug-likeness (QED) is 0.766. The third-order valence-corrected chi connectivity index (χ3v) is 4.24. The molecule has 2 N–H and O–H groups in total. The van der Waals surface area contributed by atoms with E-state index in [1.54, 1.807) is 12.1 Å². The lowest BCUT2D eigenvalue weighted by Gasteiger charge is -2.13. The number of carbonyl (C=O) groups excluding carboxylic acids is 1. The van der Waals surface area contributed by atoms with E-state index in [9.17, 15) is 9.18 Å². The Kier molecular flexibility index (Phi) is 3.72. The Morgan fingerprint density at radius 2 is 1.84 bits per heavy atom. The number of nitrogens with zero attached hydrogens (tertiary/aromatic N) is 1. The standard InChI is InChI=1S/C19H16FN3O2/c1-2-25-14-9-5-12(6-10-14)17-15-16(11-3-7-13(20)8-4-11)21-19(24)18(15)23-22-17/h3-10,16H,2H2,1H3,(H,21,24)(H,22,23). The van der Waals surface area contributed by atoms with Gasteiger partial charge in [0.1, 0.15) is 17.3 Å². The van der Waals surface area contributed by atoms with Gasteiger partial charge in [0.05, 0.1) is 18.3 Å². The number of amides is 1. The Hall–Kier alpha value is -3.15. The topological polar surface area (TPSA) is 67.0 Å². The van der Waals surface area contributed by atoms with Gasteiger partial charge in [-0.2, -0.15) is 5.10 Å². The summed E-state index contributed by atoms with van der Waals surface area (Å²) in [5.74, 6) is 0.254. The number of carbonyl (C=O) groups is 1. The van der Waals surface area contributed by atoms with Crippen LogP contribution < -0.4 is 10.1 Å². The van der Waals surface area contributed by atoms with E-state index in [-0.39, 0.29) is 17.8 Å². The number of aromatic nitrogens is 2. The highest BCUT2D eigenvalue weighted by Gasteiger charge is 2.35. The highest BCUT2D eigenvalue weighted by Crippen LogP contribution is 2.37. The Morgan fingerprint density at radius 1 is 1.12 bits per heavy atom. The van der Waals surface area contributed by atoms with Gasteiger partial charge in [-0.05, 0) is 48.9 Å². The average molecular weight is 337 g/mol. The Bertz CT molecular complexity index is 917. The van der Waals surface area contributed by atoms with Crippen molar-refractivity contribution in [3.05, 3.63) is 71.2 Å². The predicted octanol–water partition coefficient (Wildman–Crippen LogP) is 3.45. The molecule has 1 unspecified atom stereocenters. The Morgan fingerprint density at radius 3 is 2.52 bits per heavy atom. The third-order valence-electron chi connectivity index (χ3n) is 4.24. The molecule has 2 aromatic carbocycles. The van der Waals surface area contributed by atoms with E-state index in [4.69, 9.17) is 4.74 Å². The normalized spacial score (nSPS) is 15.8. The van der Waals surface area contributed by atoms with Crippen LogP contribution in [0.2, 0.25) is 0 Å². The summed E-state index contributed by atoms with van der Waals surface area (Å²) in [5.41, 5.74) is 3.61. The van der Waals surface area contributed by atoms with E-state index in [1.165, 1.54) is 12.1 Å². The van der Waals surface area contributed by atoms with Gasteiger partial charge in [0, 0.05) is 11.1 Å². The molecule has 0 aliphatic carbocycles. The van der Waals surface area contributed by atoms with Crippen LogP contribution in [-0.4, -0.2) is 22.7 Å². The molecule has 1 atom stereocenters. The molecule has 0 bridgehead atoms. The van der Waals surface area contributed by atoms with E-state index in [1.807, 2.05) is 31.2 Å². The van der Waals surface area contributed by atoms with Gasteiger partial charge >= 0.3 is 0 Å². The third kappa shape index (κ3) is 2.65. The summed E-state index contributed by atoms with van der Waals surface area (Å²) < 4.78 is 18.7. The molecule has 1 aliphatic rings. The molecule has 4 rings (SSSR count). The van der Waals surface area contributed by atoms with Crippen molar-refractivity contribution in [2.75, 3.05) is 6.61 Å². The summed E-state index contributed by atoms with van der Waals surface area (Å²) in [5, 5.41) is 10.1. The maximum absolute atomic E-state index is 13.2. The highest BCUT2D eigenvalue weighted by atomic mass is 19.1. The second-order valence-electron chi connectivity index (χ2n) is 5.78. The van der Waals surface area contributed by atoms with Crippen molar-refractivity contribution in [3.8, 4) is 17.0 Å². The summed E-state index contributed by atoms with van der Waals surface area (Å²) in [7, 11) is 0. The van der Waals surface area contributed by atoms with Crippen LogP contribution in [0.4, 0.5) is 4.39 Å². The number of benzene rings is 2. The van der Waals surface area contributed by atoms with Crippen molar-refractivity contribution in [2.24, 2.45) is 0 Å². The number of hydrogen-bond donors (Lipinski definition) is 2. The van der Waals surface area contributed by atoms with Crippen LogP contribution in [0.5, 0.6) is 5.75 Å². The zero-order valence-electron chi connectivity index (χ0n) is 13.5. The minimum Gasteiger partial charge on any atom is -0.494 e. The molecule has 1 aliphatic heterocycles. The number of ether oxygens (including phenoxy) is 1. The van der Waals surface area contributed by atoms with Crippen molar-refractivity contribution in [2.45, 2.75) is 13.0 Å². The van der Waals surface area contributed by atoms with Gasteiger partial charge in [-0.1, -0.05) is 12.1 Å². The van der Waals surface area contributed by atoms with E-state index < -0.39 is 0 Å². The van der Waals surface area contributed by atoms with Crippen LogP contribution in [0.1, 0.15) is 34.6 Å². The van der Waals surface area contributed by atoms with E-state index in [2.05, 4.69) is 15.5 Å². The van der Waals surface area contributed by atoms with Crippen molar-refractivity contribution >= 4 is 5.91 Å². The average Bonchev–Trinajstić information content (AvgIpc) is 3.19. The minimum absolute atomic E-state index is 0.214. The van der Waals surface area contributed by atoms with Crippen LogP contribution in [0, 0.1) is 5.82 Å². The second-order valence-corrected chi connectivity index (χ2v) is 5.78. The smallest absolute Gasteiger partial charge is 0.270 e. The summed E-state index contributed by atoms with van der Waals surface area (Å²) in [6.07, 6.45) is 0. The number of rotatable bonds is 4. The minimum atomic E-state index is -0.358. The lowest BCUT2D eigenvalue weighted by molar-refractivity contribution is 0.0955. The zero-order chi connectivity index (χ0) is 17.4. The van der Waals surface area contributed by atoms with Crippen LogP contribution in [0.3, 0.4) is 0 Å². The van der Waals surface area contributed by atoms with Gasteiger partial charge in [-0.3, -0.25) is 9.89 Å². The lowest BCUT2D eigenvalue weighted by atomic mass is 9.97. The number of aromatic amines is 1. The van der Waals surface area contributed by atoms with Crippen LogP contribution in [-0.2, 0) is 0 Å². The van der Waals surface area contributed by atoms with Crippen molar-refractivity contribution in [1.29, 1.82) is 0 Å². The van der Waals surface area contributed by atoms with Gasteiger partial charge in [0.15, 0.2) is 0 Å². The molecule has 0 saturated carbocycles. The lowest BCUT2D eigenvalue weighted by Crippen LogP contribution is -2.21. The molecule has 25 heavy (non-hydrogen) atoms. The summed E-state index contributed by atoms with van der Waals surface area (Å²) in [6.45, 7) is 2.53. The van der Waals surface area contributed by atoms with E-state index in [0.717, 1.165) is 22.4 Å². The predicted molar refractivity (Wildman–Crippen MR) is 90.9 cm³/mol. The van der Waals surface area contributed by atoms with E-state index >= 15 is 0 Å². The SMILES string of the molecule is CCOc1ccc(-c2n[nH]c3c2C(c2ccc(F)cc2)NC3=O)cc1. The molecule has 1 aromatic heterocycles. The fourth-order valence-corrected chi connectivity index (χ4v) is 3.08. The van der Waals surface area contributed by atoms with Crippen molar-refractivity contribution < 1.29 is 13.9 Å². The maximum Gasteiger partial charge on any atom is 0.270 e. The first-order valence-electron chi connectivity index (χ1n) is 8.05. The highest BCUT2D eigenvalue weighted by molar-refractivity contribution is 6.00. The van der Waals surface area contributed by atoms with Crippen molar-refractivity contribution in [3.63, 3.8) is 0 Å². The molecular formula is C19H16FN3O2. The number of fused-ring (bicyclic) bond motifs is 1. The molecule has 0 fully saturated rings. The molecule has 6 heteroatoms. The van der Waals surface area contributed by atoms with Gasteiger partial charge in [-0.15, -0.1) is 0 Å². The maximum atomic E-state index is 13.2. The molecule has 0 spiro atoms. The molecule has 3 aromatic rings. The molecule has 5 nitrogen and oxygen atoms in total. The Labute approximate surface area is 143 Å². The Balaban J connectivity index is 1.76. The molecule has 0 radical (unpaired) electrons. The molecule has 2 heterocycles. The first kappa shape index (κ1) is 15.4. The van der Waals surface area contributed by atoms with Gasteiger partial charge in [0.2, 0.25) is 0 Å². The zero-order valence-corrected chi connectivity index (χ0v) is 13.5. The molecule has 1 amide bonds. The fourth-order valence-electron chi connectivity index (χ4n) is 3.08.